The molecule has 11 aromatic carbocycles. The van der Waals surface area contributed by atoms with E-state index in [-0.39, 0.29) is 94.0 Å². The molecule has 1 amide bonds. The topological polar surface area (TPSA) is 409 Å². The monoisotopic (exact) mass is 1810 g/mol. The van der Waals surface area contributed by atoms with Gasteiger partial charge >= 0.3 is 35.5 Å². The van der Waals surface area contributed by atoms with Crippen molar-refractivity contribution < 1.29 is 101 Å². The second kappa shape index (κ2) is 44.6. The predicted molar refractivity (Wildman–Crippen MR) is 477 cm³/mol. The average molecular weight is 1810 g/mol. The van der Waals surface area contributed by atoms with Gasteiger partial charge in [-0.3, -0.25) is 4.79 Å². The van der Waals surface area contributed by atoms with E-state index in [0.717, 1.165) is 77.6 Å². The van der Waals surface area contributed by atoms with Crippen LogP contribution in [0.4, 0.5) is 11.4 Å². The molecule has 13 rings (SSSR count). The van der Waals surface area contributed by atoms with Crippen molar-refractivity contribution in [2.24, 2.45) is 20.5 Å². The first-order valence-corrected chi connectivity index (χ1v) is 48.8. The van der Waals surface area contributed by atoms with Gasteiger partial charge in [0.05, 0.1) is 34.9 Å². The van der Waals surface area contributed by atoms with Crippen LogP contribution in [0.5, 0.6) is 0 Å². The van der Waals surface area contributed by atoms with Crippen LogP contribution in [0.15, 0.2) is 297 Å². The molecule has 120 heavy (non-hydrogen) atoms. The first kappa shape index (κ1) is 98.8. The molecule has 0 aliphatic carbocycles. The number of hydrogen-bond acceptors (Lipinski definition) is 20. The number of fused-ring (bicyclic) bond motifs is 3. The Labute approximate surface area is 741 Å². The molecule has 0 saturated carbocycles. The first-order chi connectivity index (χ1) is 56.0. The number of aromatic carboxylic acids is 1. The average Bonchev–Trinajstić information content (AvgIpc) is 0.792. The number of aliphatic hydroxyl groups excluding tert-OH is 1. The minimum absolute atomic E-state index is 0. The van der Waals surface area contributed by atoms with Gasteiger partial charge in [0.15, 0.2) is 0 Å². The molecule has 0 aromatic heterocycles. The zero-order valence-corrected chi connectivity index (χ0v) is 76.1. The fourth-order valence-corrected chi connectivity index (χ4v) is 20.4. The Morgan fingerprint density at radius 1 is 0.425 bits per heavy atom. The van der Waals surface area contributed by atoms with Crippen LogP contribution < -0.4 is 63.4 Å². The molecular formula is C83H93BN10NaO16S9. The van der Waals surface area contributed by atoms with Crippen LogP contribution in [0.3, 0.4) is 0 Å². The van der Waals surface area contributed by atoms with E-state index in [1.807, 2.05) is 115 Å². The number of anilines is 2. The summed E-state index contributed by atoms with van der Waals surface area (Å²) in [5.74, 6) is 0.104. The third-order valence-corrected chi connectivity index (χ3v) is 29.8. The van der Waals surface area contributed by atoms with Crippen molar-refractivity contribution in [2.45, 2.75) is 97.4 Å². The number of aliphatic hydroxyl groups is 1. The number of carbonyl (C=O) groups excluding carboxylic acids is 1. The van der Waals surface area contributed by atoms with E-state index in [1.54, 1.807) is 78.1 Å². The summed E-state index contributed by atoms with van der Waals surface area (Å²) in [5.41, 5.74) is 11.9. The number of carboxylic acids is 1. The van der Waals surface area contributed by atoms with Gasteiger partial charge in [0, 0.05) is 120 Å². The molecule has 629 valence electrons. The number of rotatable bonds is 27. The maximum absolute atomic E-state index is 13.1. The minimum Gasteiger partial charge on any atom is -1.00 e. The Bertz CT molecular complexity index is 6110. The standard InChI is InChI=1S/C32H35N3O5S3.C18H16N4O4S3.C18H18N2O4S3.C14H19NO2.CH4O.B.Na.H/c1-32(2)16-19-35(20-17-32)27-12-8-25(9-13-27)31(36)34-43(39,40)30-15-11-24-10-14-29(22-26(24)23-30)42(37,38)33-18-21-41-28-6-4-3-5-7-28;19-21-22-29(25,26)18-9-7-14-6-8-17(12-15(14)13-18)28(23,24)20-10-11-27-16-4-2-1-3-5-16;19-26(21,22)17-8-6-14-7-9-18(13-15(14)12-17)27(23,24)20-10-11-25-16-4-2-1-3-5-16;1-14(2)7-9-15(10-8-14)12-5-3-11(4-6-12)13(16)17;1-2;;;/h3-15,22-23,33H,16-21H2,1-2H3,(H,34,36);1-9,12-13,20H,10-11H2;1-9,12-13,20H,10-11H2,(H2,19,21,22);3-6H,7-10H2,1-2H3,(H,16,17);2H,1H3;;;/q;;;;;;+1;-1. The summed E-state index contributed by atoms with van der Waals surface area (Å²) in [6, 6.07) is 69.5. The van der Waals surface area contributed by atoms with Crippen molar-refractivity contribution >= 4 is 159 Å². The summed E-state index contributed by atoms with van der Waals surface area (Å²) in [4.78, 5) is 33.4. The van der Waals surface area contributed by atoms with E-state index in [2.05, 4.69) is 65.8 Å². The minimum atomic E-state index is -4.21. The predicted octanol–water partition coefficient (Wildman–Crippen LogP) is 11.5. The molecule has 26 nitrogen and oxygen atoms in total. The van der Waals surface area contributed by atoms with Gasteiger partial charge < -0.3 is 21.4 Å². The molecule has 2 aliphatic heterocycles. The number of primary sulfonamides is 1. The van der Waals surface area contributed by atoms with Gasteiger partial charge in [0.2, 0.25) is 40.1 Å². The number of piperidine rings is 2. The molecule has 0 unspecified atom stereocenters. The number of nitrogens with two attached hydrogens (primary N) is 1. The second-order valence-corrected chi connectivity index (χ2v) is 42.2. The maximum Gasteiger partial charge on any atom is 1.00 e. The van der Waals surface area contributed by atoms with Crippen molar-refractivity contribution in [3.05, 3.63) is 270 Å². The van der Waals surface area contributed by atoms with Gasteiger partial charge in [-0.1, -0.05) is 119 Å². The summed E-state index contributed by atoms with van der Waals surface area (Å²) < 4.78 is 162. The molecule has 2 fully saturated rings. The van der Waals surface area contributed by atoms with Crippen molar-refractivity contribution in [1.82, 2.24) is 18.9 Å². The Morgan fingerprint density at radius 3 is 1.02 bits per heavy atom. The summed E-state index contributed by atoms with van der Waals surface area (Å²) in [6.07, 6.45) is 4.54. The van der Waals surface area contributed by atoms with Crippen molar-refractivity contribution in [2.75, 3.05) is 80.0 Å². The molecule has 3 radical (unpaired) electrons. The van der Waals surface area contributed by atoms with Gasteiger partial charge in [-0.05, 0) is 232 Å². The van der Waals surface area contributed by atoms with E-state index in [0.29, 0.717) is 60.6 Å². The molecule has 37 heteroatoms. The Morgan fingerprint density at radius 2 is 0.708 bits per heavy atom. The zero-order valence-electron chi connectivity index (χ0n) is 67.7. The first-order valence-electron chi connectivity index (χ1n) is 36.9. The van der Waals surface area contributed by atoms with Crippen molar-refractivity contribution in [3.63, 3.8) is 0 Å². The Balaban J connectivity index is 0.000000257. The van der Waals surface area contributed by atoms with Crippen LogP contribution in [-0.4, -0.2) is 151 Å². The number of azide groups is 1. The molecule has 0 atom stereocenters. The van der Waals surface area contributed by atoms with Gasteiger partial charge in [-0.15, -0.1) is 35.3 Å². The molecule has 2 heterocycles. The van der Waals surface area contributed by atoms with E-state index in [9.17, 15) is 60.1 Å². The molecule has 0 bridgehead atoms. The fourth-order valence-electron chi connectivity index (χ4n) is 12.2. The smallest absolute Gasteiger partial charge is 1.00 e. The van der Waals surface area contributed by atoms with E-state index in [4.69, 9.17) is 20.9 Å². The van der Waals surface area contributed by atoms with Crippen molar-refractivity contribution in [3.8, 4) is 0 Å². The van der Waals surface area contributed by atoms with Crippen molar-refractivity contribution in [1.29, 1.82) is 0 Å². The summed E-state index contributed by atoms with van der Waals surface area (Å²) in [5, 5.41) is 24.3. The summed E-state index contributed by atoms with van der Waals surface area (Å²) in [7, 11) is -22.5. The number of amides is 1. The SMILES string of the molecule is CC1(C)CCN(c2ccc(C(=O)NS(=O)(=O)c3ccc4ccc(S(=O)(=O)NCCSc5ccccc5)cc4c3)cc2)CC1.CC1(C)CCN(c2ccc(C(=O)O)cc2)CC1.CO.NS(=O)(=O)c1ccc2ccc(S(=O)(=O)NCCSc3ccccc3)cc2c1.[B].[H-].[N-]=[N+]=NS(=O)(=O)c1ccc2ccc(S(=O)(=O)NCCSc3ccccc3)cc2c1.[Na+]. The van der Waals surface area contributed by atoms with Crippen LogP contribution in [0.25, 0.3) is 42.8 Å². The van der Waals surface area contributed by atoms with Gasteiger partial charge in [-0.2, -0.15) is 0 Å². The number of nitrogens with one attached hydrogen (secondary N) is 4. The van der Waals surface area contributed by atoms with Gasteiger partial charge in [0.1, 0.15) is 0 Å². The number of thioether (sulfide) groups is 3. The number of carboxylic acid groups (broad SMARTS) is 1. The maximum atomic E-state index is 13.1. The van der Waals surface area contributed by atoms with Crippen LogP contribution in [-0.2, 0) is 60.1 Å². The zero-order chi connectivity index (χ0) is 85.5. The Kier molecular flexibility index (Phi) is 36.7. The van der Waals surface area contributed by atoms with E-state index in [1.165, 1.54) is 103 Å². The van der Waals surface area contributed by atoms with Crippen LogP contribution >= 0.6 is 35.3 Å². The van der Waals surface area contributed by atoms with Gasteiger partial charge in [0.25, 0.3) is 26.0 Å². The van der Waals surface area contributed by atoms with Gasteiger partial charge in [-0.25, -0.2) is 79.3 Å². The number of carbonyl (C=O) groups is 2. The summed E-state index contributed by atoms with van der Waals surface area (Å²) in [6.45, 7) is 13.9. The number of benzene rings is 11. The second-order valence-electron chi connectivity index (χ2n) is 28.5. The van der Waals surface area contributed by atoms with Crippen LogP contribution in [0, 0.1) is 10.8 Å². The quantitative estimate of drug-likeness (QED) is 0.00628. The number of sulfonamides is 6. The number of nitrogens with zero attached hydrogens (tertiary/aromatic N) is 5. The molecule has 0 spiro atoms. The van der Waals surface area contributed by atoms with Crippen LogP contribution in [0.2, 0.25) is 0 Å². The third kappa shape index (κ3) is 29.2. The fraction of sp³-hybridized carbons (Fsp3) is 0.253. The molecule has 2 aliphatic rings. The molecule has 11 aromatic rings. The molecular weight excluding hydrogens is 1720 g/mol. The van der Waals surface area contributed by atoms with E-state index >= 15 is 0 Å². The van der Waals surface area contributed by atoms with E-state index < -0.39 is 72.0 Å². The molecule has 8 N–H and O–H groups in total. The largest absolute Gasteiger partial charge is 1.00 e. The normalized spacial score (nSPS) is 13.9. The number of hydrogen-bond donors (Lipinski definition) is 7. The Hall–Kier alpha value is -8.34. The summed E-state index contributed by atoms with van der Waals surface area (Å²) >= 11 is 4.63. The van der Waals surface area contributed by atoms with Crippen LogP contribution in [0.1, 0.15) is 75.5 Å². The molecule has 2 saturated heterocycles. The third-order valence-electron chi connectivity index (χ3n) is 19.0.